The number of carbonyl (C=O) groups excluding carboxylic acids is 1. The number of piperidine rings is 1. The molecule has 0 spiro atoms. The van der Waals surface area contributed by atoms with E-state index in [9.17, 15) is 4.79 Å². The summed E-state index contributed by atoms with van der Waals surface area (Å²) in [6.45, 7) is 1.83. The van der Waals surface area contributed by atoms with Crippen LogP contribution < -0.4 is 11.1 Å². The molecule has 16 heavy (non-hydrogen) atoms. The van der Waals surface area contributed by atoms with Gasteiger partial charge in [0.05, 0.1) is 16.3 Å². The second-order valence-electron chi connectivity index (χ2n) is 4.23. The quantitative estimate of drug-likeness (QED) is 0.709. The summed E-state index contributed by atoms with van der Waals surface area (Å²) in [6.07, 6.45) is 3.51. The van der Waals surface area contributed by atoms with E-state index in [0.29, 0.717) is 10.7 Å². The molecule has 92 valence electrons. The lowest BCUT2D eigenvalue weighted by atomic mass is 9.87. The molecule has 1 aliphatic rings. The van der Waals surface area contributed by atoms with E-state index in [4.69, 9.17) is 18.0 Å². The van der Waals surface area contributed by atoms with Crippen LogP contribution in [0.2, 0.25) is 0 Å². The molecule has 0 aliphatic carbocycles. The Kier molecular flexibility index (Phi) is 5.01. The Morgan fingerprint density at radius 3 is 2.56 bits per heavy atom. The lowest BCUT2D eigenvalue weighted by molar-refractivity contribution is -0.120. The van der Waals surface area contributed by atoms with Gasteiger partial charge < -0.3 is 16.0 Å². The van der Waals surface area contributed by atoms with Gasteiger partial charge in [0.2, 0.25) is 5.91 Å². The summed E-state index contributed by atoms with van der Waals surface area (Å²) in [5, 5.41) is 3.00. The standard InChI is InChI=1S/C10H19N3OS2/c1-13-5-3-10(4-6-13,9(11)15)12-8(14)7-16-2/h3-7H2,1-2H3,(H2,11,15)(H,12,14). The van der Waals surface area contributed by atoms with Crippen LogP contribution in [0, 0.1) is 0 Å². The van der Waals surface area contributed by atoms with Crippen molar-refractivity contribution >= 4 is 34.9 Å². The summed E-state index contributed by atoms with van der Waals surface area (Å²) >= 11 is 6.61. The van der Waals surface area contributed by atoms with Crippen LogP contribution in [0.4, 0.5) is 0 Å². The minimum Gasteiger partial charge on any atom is -0.391 e. The highest BCUT2D eigenvalue weighted by atomic mass is 32.2. The molecule has 0 radical (unpaired) electrons. The van der Waals surface area contributed by atoms with Crippen molar-refractivity contribution in [3.8, 4) is 0 Å². The maximum atomic E-state index is 11.6. The monoisotopic (exact) mass is 261 g/mol. The Morgan fingerprint density at radius 1 is 1.56 bits per heavy atom. The van der Waals surface area contributed by atoms with E-state index in [1.807, 2.05) is 6.26 Å². The Labute approximate surface area is 106 Å². The maximum Gasteiger partial charge on any atom is 0.230 e. The van der Waals surface area contributed by atoms with Gasteiger partial charge in [-0.05, 0) is 26.1 Å². The summed E-state index contributed by atoms with van der Waals surface area (Å²) in [5.74, 6) is 0.477. The minimum atomic E-state index is -0.464. The van der Waals surface area contributed by atoms with Gasteiger partial charge in [0, 0.05) is 13.1 Å². The van der Waals surface area contributed by atoms with Gasteiger partial charge >= 0.3 is 0 Å². The fraction of sp³-hybridized carbons (Fsp3) is 0.800. The first kappa shape index (κ1) is 13.7. The molecule has 6 heteroatoms. The average molecular weight is 261 g/mol. The van der Waals surface area contributed by atoms with Gasteiger partial charge in [-0.25, -0.2) is 0 Å². The first-order valence-corrected chi connectivity index (χ1v) is 7.09. The van der Waals surface area contributed by atoms with Gasteiger partial charge in [-0.3, -0.25) is 4.79 Å². The third kappa shape index (κ3) is 3.33. The molecule has 1 saturated heterocycles. The Hall–Kier alpha value is -0.330. The van der Waals surface area contributed by atoms with E-state index in [2.05, 4.69) is 17.3 Å². The van der Waals surface area contributed by atoms with E-state index < -0.39 is 5.54 Å². The molecule has 0 unspecified atom stereocenters. The largest absolute Gasteiger partial charge is 0.391 e. The number of likely N-dealkylation sites (tertiary alicyclic amines) is 1. The van der Waals surface area contributed by atoms with Crippen molar-refractivity contribution in [2.45, 2.75) is 18.4 Å². The summed E-state index contributed by atoms with van der Waals surface area (Å²) in [5.41, 5.74) is 5.32. The van der Waals surface area contributed by atoms with E-state index in [1.165, 1.54) is 11.8 Å². The van der Waals surface area contributed by atoms with Crippen molar-refractivity contribution in [1.29, 1.82) is 0 Å². The molecule has 1 aliphatic heterocycles. The first-order valence-electron chi connectivity index (χ1n) is 5.28. The third-order valence-electron chi connectivity index (χ3n) is 2.97. The van der Waals surface area contributed by atoms with Gasteiger partial charge in [-0.2, -0.15) is 11.8 Å². The van der Waals surface area contributed by atoms with Crippen LogP contribution in [0.3, 0.4) is 0 Å². The number of hydrogen-bond donors (Lipinski definition) is 2. The second-order valence-corrected chi connectivity index (χ2v) is 5.54. The molecule has 1 amide bonds. The minimum absolute atomic E-state index is 0.0184. The zero-order chi connectivity index (χ0) is 12.2. The SMILES string of the molecule is CSCC(=O)NC1(C(N)=S)CCN(C)CC1. The number of carbonyl (C=O) groups is 1. The molecule has 4 nitrogen and oxygen atoms in total. The number of thiocarbonyl (C=S) groups is 1. The van der Waals surface area contributed by atoms with Crippen molar-refractivity contribution in [2.24, 2.45) is 5.73 Å². The van der Waals surface area contributed by atoms with E-state index in [1.54, 1.807) is 0 Å². The third-order valence-corrected chi connectivity index (χ3v) is 3.91. The van der Waals surface area contributed by atoms with Crippen LogP contribution in [-0.2, 0) is 4.79 Å². The molecular weight excluding hydrogens is 242 g/mol. The number of nitrogens with zero attached hydrogens (tertiary/aromatic N) is 1. The van der Waals surface area contributed by atoms with E-state index in [0.717, 1.165) is 25.9 Å². The Balaban J connectivity index is 2.66. The van der Waals surface area contributed by atoms with Gasteiger partial charge in [0.1, 0.15) is 0 Å². The average Bonchev–Trinajstić information content (AvgIpc) is 2.22. The fourth-order valence-electron chi connectivity index (χ4n) is 1.87. The highest BCUT2D eigenvalue weighted by Crippen LogP contribution is 2.22. The summed E-state index contributed by atoms with van der Waals surface area (Å²) < 4.78 is 0. The van der Waals surface area contributed by atoms with Gasteiger partial charge in [0.15, 0.2) is 0 Å². The smallest absolute Gasteiger partial charge is 0.230 e. The van der Waals surface area contributed by atoms with Crippen molar-refractivity contribution in [1.82, 2.24) is 10.2 Å². The summed E-state index contributed by atoms with van der Waals surface area (Å²) in [4.78, 5) is 14.3. The molecule has 3 N–H and O–H groups in total. The predicted molar refractivity (Wildman–Crippen MR) is 72.8 cm³/mol. The van der Waals surface area contributed by atoms with E-state index >= 15 is 0 Å². The van der Waals surface area contributed by atoms with Gasteiger partial charge in [-0.1, -0.05) is 12.2 Å². The first-order chi connectivity index (χ1) is 7.50. The molecule has 0 aromatic rings. The predicted octanol–water partition coefficient (Wildman–Crippen LogP) is 0.216. The molecular formula is C10H19N3OS2. The van der Waals surface area contributed by atoms with Crippen LogP contribution in [0.25, 0.3) is 0 Å². The van der Waals surface area contributed by atoms with Crippen LogP contribution in [0.1, 0.15) is 12.8 Å². The van der Waals surface area contributed by atoms with E-state index in [-0.39, 0.29) is 5.91 Å². The van der Waals surface area contributed by atoms with Crippen molar-refractivity contribution in [3.05, 3.63) is 0 Å². The summed E-state index contributed by atoms with van der Waals surface area (Å²) in [7, 11) is 2.06. The van der Waals surface area contributed by atoms with Gasteiger partial charge in [-0.15, -0.1) is 0 Å². The highest BCUT2D eigenvalue weighted by molar-refractivity contribution is 7.99. The molecule has 1 fully saturated rings. The number of amides is 1. The van der Waals surface area contributed by atoms with Crippen LogP contribution in [-0.4, -0.2) is 53.5 Å². The normalized spacial score (nSPS) is 20.4. The molecule has 0 aromatic carbocycles. The van der Waals surface area contributed by atoms with Crippen molar-refractivity contribution < 1.29 is 4.79 Å². The maximum absolute atomic E-state index is 11.6. The van der Waals surface area contributed by atoms with Crippen molar-refractivity contribution in [3.63, 3.8) is 0 Å². The Bertz CT molecular complexity index is 275. The number of thioether (sulfide) groups is 1. The highest BCUT2D eigenvalue weighted by Gasteiger charge is 2.37. The molecule has 0 atom stereocenters. The fourth-order valence-corrected chi connectivity index (χ4v) is 2.46. The number of nitrogens with two attached hydrogens (primary N) is 1. The lowest BCUT2D eigenvalue weighted by Gasteiger charge is -2.40. The summed E-state index contributed by atoms with van der Waals surface area (Å²) in [6, 6.07) is 0. The van der Waals surface area contributed by atoms with Gasteiger partial charge in [0.25, 0.3) is 0 Å². The number of hydrogen-bond acceptors (Lipinski definition) is 4. The van der Waals surface area contributed by atoms with Crippen LogP contribution in [0.5, 0.6) is 0 Å². The lowest BCUT2D eigenvalue weighted by Crippen LogP contribution is -2.61. The molecule has 0 bridgehead atoms. The topological polar surface area (TPSA) is 58.4 Å². The number of nitrogens with one attached hydrogen (secondary N) is 1. The zero-order valence-corrected chi connectivity index (χ0v) is 11.4. The molecule has 1 rings (SSSR count). The molecule has 0 saturated carbocycles. The zero-order valence-electron chi connectivity index (χ0n) is 9.78. The number of rotatable bonds is 4. The second kappa shape index (κ2) is 5.84. The molecule has 0 aromatic heterocycles. The van der Waals surface area contributed by atoms with Crippen LogP contribution in [0.15, 0.2) is 0 Å². The van der Waals surface area contributed by atoms with Crippen LogP contribution >= 0.6 is 24.0 Å². The Morgan fingerprint density at radius 2 is 2.12 bits per heavy atom. The molecule has 1 heterocycles. The van der Waals surface area contributed by atoms with Crippen molar-refractivity contribution in [2.75, 3.05) is 32.1 Å².